The van der Waals surface area contributed by atoms with Crippen molar-refractivity contribution >= 4 is 45.8 Å². The lowest BCUT2D eigenvalue weighted by Gasteiger charge is -1.97. The van der Waals surface area contributed by atoms with Crippen LogP contribution < -0.4 is 0 Å². The molecule has 0 radical (unpaired) electrons. The minimum absolute atomic E-state index is 0.693. The number of aromatic amines is 1. The van der Waals surface area contributed by atoms with Gasteiger partial charge in [-0.05, 0) is 24.3 Å². The quantitative estimate of drug-likeness (QED) is 0.500. The number of halogens is 1. The van der Waals surface area contributed by atoms with Gasteiger partial charge in [0.2, 0.25) is 5.78 Å². The average molecular weight is 355 g/mol. The zero-order valence-corrected chi connectivity index (χ0v) is 13.9. The second-order valence-corrected chi connectivity index (χ2v) is 6.78. The second kappa shape index (κ2) is 5.25. The summed E-state index contributed by atoms with van der Waals surface area (Å²) in [6, 6.07) is 11.8. The number of benzene rings is 1. The highest BCUT2D eigenvalue weighted by Gasteiger charge is 2.12. The fourth-order valence-corrected chi connectivity index (χ4v) is 3.77. The highest BCUT2D eigenvalue weighted by Crippen LogP contribution is 2.25. The zero-order valence-electron chi connectivity index (χ0n) is 12.3. The van der Waals surface area contributed by atoms with Crippen LogP contribution in [0.3, 0.4) is 0 Å². The molecule has 0 spiro atoms. The van der Waals surface area contributed by atoms with Gasteiger partial charge in [0.25, 0.3) is 0 Å². The maximum atomic E-state index is 6.02. The Labute approximate surface area is 145 Å². The van der Waals surface area contributed by atoms with E-state index in [1.165, 1.54) is 0 Å². The van der Waals surface area contributed by atoms with E-state index in [0.717, 1.165) is 33.3 Å². The Morgan fingerprint density at radius 3 is 2.96 bits per heavy atom. The van der Waals surface area contributed by atoms with Crippen LogP contribution in [-0.4, -0.2) is 29.0 Å². The third kappa shape index (κ3) is 2.16. The molecule has 24 heavy (non-hydrogen) atoms. The van der Waals surface area contributed by atoms with Gasteiger partial charge in [-0.3, -0.25) is 4.40 Å². The fraction of sp³-hybridized carbons (Fsp3) is 0.0625. The topological polar surface area (TPSA) is 63.3 Å². The summed E-state index contributed by atoms with van der Waals surface area (Å²) < 4.78 is 3.97. The van der Waals surface area contributed by atoms with Gasteiger partial charge in [0.15, 0.2) is 5.16 Å². The van der Waals surface area contributed by atoms with Gasteiger partial charge in [-0.25, -0.2) is 15.1 Å². The molecule has 0 aliphatic heterocycles. The van der Waals surface area contributed by atoms with Crippen molar-refractivity contribution in [3.8, 4) is 0 Å². The van der Waals surface area contributed by atoms with Crippen molar-refractivity contribution in [3.63, 3.8) is 0 Å². The van der Waals surface area contributed by atoms with Crippen LogP contribution in [0.1, 0.15) is 5.69 Å². The Balaban J connectivity index is 1.49. The first-order valence-corrected chi connectivity index (χ1v) is 8.72. The van der Waals surface area contributed by atoms with Crippen LogP contribution in [0.2, 0.25) is 5.02 Å². The third-order valence-electron chi connectivity index (χ3n) is 3.82. The lowest BCUT2D eigenvalue weighted by molar-refractivity contribution is 0.939. The predicted molar refractivity (Wildman–Crippen MR) is 94.6 cm³/mol. The summed E-state index contributed by atoms with van der Waals surface area (Å²) in [5.41, 5.74) is 3.86. The maximum Gasteiger partial charge on any atom is 0.231 e. The lowest BCUT2D eigenvalue weighted by Crippen LogP contribution is -1.87. The van der Waals surface area contributed by atoms with Crippen molar-refractivity contribution in [2.45, 2.75) is 10.9 Å². The number of nitrogens with zero attached hydrogens (tertiary/aromatic N) is 5. The van der Waals surface area contributed by atoms with E-state index in [-0.39, 0.29) is 0 Å². The van der Waals surface area contributed by atoms with Crippen LogP contribution in [-0.2, 0) is 5.75 Å². The third-order valence-corrected chi connectivity index (χ3v) is 5.01. The number of imidazole rings is 2. The van der Waals surface area contributed by atoms with E-state index in [1.807, 2.05) is 57.6 Å². The molecule has 1 aromatic carbocycles. The monoisotopic (exact) mass is 354 g/mol. The van der Waals surface area contributed by atoms with Crippen LogP contribution in [0.4, 0.5) is 0 Å². The van der Waals surface area contributed by atoms with Crippen molar-refractivity contribution < 1.29 is 0 Å². The minimum atomic E-state index is 0.693. The van der Waals surface area contributed by atoms with Gasteiger partial charge in [-0.15, -0.1) is 5.10 Å². The summed E-state index contributed by atoms with van der Waals surface area (Å²) in [5.74, 6) is 1.46. The fourth-order valence-electron chi connectivity index (χ4n) is 2.76. The molecular weight excluding hydrogens is 344 g/mol. The van der Waals surface area contributed by atoms with Gasteiger partial charge in [0, 0.05) is 18.1 Å². The number of para-hydroxylation sites is 2. The molecule has 8 heteroatoms. The largest absolute Gasteiger partial charge is 0.305 e. The molecule has 0 atom stereocenters. The second-order valence-electron chi connectivity index (χ2n) is 5.40. The molecule has 0 amide bonds. The summed E-state index contributed by atoms with van der Waals surface area (Å²) in [4.78, 5) is 9.14. The number of hydrogen-bond acceptors (Lipinski definition) is 4. The van der Waals surface area contributed by atoms with Crippen molar-refractivity contribution in [2.75, 3.05) is 0 Å². The van der Waals surface area contributed by atoms with Crippen molar-refractivity contribution in [1.29, 1.82) is 0 Å². The molecule has 5 rings (SSSR count). The maximum absolute atomic E-state index is 6.02. The smallest absolute Gasteiger partial charge is 0.231 e. The Hall–Kier alpha value is -2.51. The summed E-state index contributed by atoms with van der Waals surface area (Å²) in [7, 11) is 0. The van der Waals surface area contributed by atoms with E-state index in [4.69, 9.17) is 11.6 Å². The summed E-state index contributed by atoms with van der Waals surface area (Å²) in [6.07, 6.45) is 3.85. The van der Waals surface area contributed by atoms with Gasteiger partial charge in [0.1, 0.15) is 5.65 Å². The summed E-state index contributed by atoms with van der Waals surface area (Å²) in [5, 5.41) is 8.92. The van der Waals surface area contributed by atoms with Crippen LogP contribution >= 0.6 is 23.4 Å². The Morgan fingerprint density at radius 1 is 1.08 bits per heavy atom. The standard InChI is InChI=1S/C16H11ClN6S/c17-10-5-6-14-18-11(8-22(14)7-10)9-24-16-21-20-15-19-12-3-1-2-4-13(12)23(15)16/h1-8H,9H2,(H,19,20). The van der Waals surface area contributed by atoms with Gasteiger partial charge >= 0.3 is 0 Å². The first-order chi connectivity index (χ1) is 11.8. The van der Waals surface area contributed by atoms with Crippen LogP contribution in [0, 0.1) is 0 Å². The van der Waals surface area contributed by atoms with Crippen molar-refractivity contribution in [3.05, 3.63) is 59.5 Å². The molecule has 4 heterocycles. The van der Waals surface area contributed by atoms with E-state index < -0.39 is 0 Å². The van der Waals surface area contributed by atoms with Gasteiger partial charge in [0.05, 0.1) is 21.7 Å². The van der Waals surface area contributed by atoms with E-state index in [2.05, 4.69) is 20.2 Å². The van der Waals surface area contributed by atoms with Crippen molar-refractivity contribution in [2.24, 2.45) is 0 Å². The number of fused-ring (bicyclic) bond motifs is 4. The van der Waals surface area contributed by atoms with E-state index >= 15 is 0 Å². The molecule has 118 valence electrons. The number of rotatable bonds is 3. The molecule has 1 N–H and O–H groups in total. The minimum Gasteiger partial charge on any atom is -0.305 e. The lowest BCUT2D eigenvalue weighted by atomic mass is 10.3. The number of nitrogens with one attached hydrogen (secondary N) is 1. The predicted octanol–water partition coefficient (Wildman–Crippen LogP) is 3.80. The average Bonchev–Trinajstić information content (AvgIpc) is 3.25. The van der Waals surface area contributed by atoms with E-state index in [9.17, 15) is 0 Å². The first kappa shape index (κ1) is 13.9. The SMILES string of the molecule is Clc1ccc2nc(CSc3n[nH]c4nc5ccccc5n34)cn2c1. The van der Waals surface area contributed by atoms with Crippen molar-refractivity contribution in [1.82, 2.24) is 29.0 Å². The van der Waals surface area contributed by atoms with Gasteiger partial charge in [-0.1, -0.05) is 35.5 Å². The highest BCUT2D eigenvalue weighted by atomic mass is 35.5. The number of aromatic nitrogens is 6. The Bertz CT molecular complexity index is 1190. The zero-order chi connectivity index (χ0) is 16.1. The van der Waals surface area contributed by atoms with Gasteiger partial charge < -0.3 is 4.40 Å². The molecule has 0 saturated carbocycles. The highest BCUT2D eigenvalue weighted by molar-refractivity contribution is 7.98. The molecule has 5 aromatic rings. The molecule has 0 aliphatic rings. The molecule has 6 nitrogen and oxygen atoms in total. The molecule has 0 unspecified atom stereocenters. The number of H-pyrrole nitrogens is 1. The first-order valence-electron chi connectivity index (χ1n) is 7.35. The van der Waals surface area contributed by atoms with E-state index in [1.54, 1.807) is 11.8 Å². The van der Waals surface area contributed by atoms with Gasteiger partial charge in [-0.2, -0.15) is 0 Å². The van der Waals surface area contributed by atoms with Crippen LogP contribution in [0.25, 0.3) is 22.5 Å². The summed E-state index contributed by atoms with van der Waals surface area (Å²) in [6.45, 7) is 0. The Morgan fingerprint density at radius 2 is 2.00 bits per heavy atom. The number of pyridine rings is 1. The molecule has 0 aliphatic carbocycles. The number of thioether (sulfide) groups is 1. The Kier molecular flexibility index (Phi) is 3.04. The molecule has 4 aromatic heterocycles. The van der Waals surface area contributed by atoms with Crippen LogP contribution in [0.5, 0.6) is 0 Å². The number of hydrogen-bond donors (Lipinski definition) is 1. The van der Waals surface area contributed by atoms with E-state index in [0.29, 0.717) is 10.8 Å². The molecule has 0 fully saturated rings. The normalized spacial score (nSPS) is 11.9. The summed E-state index contributed by atoms with van der Waals surface area (Å²) >= 11 is 7.64. The van der Waals surface area contributed by atoms with Crippen LogP contribution in [0.15, 0.2) is 53.9 Å². The molecular formula is C16H11ClN6S. The molecule has 0 saturated heterocycles. The molecule has 0 bridgehead atoms.